The number of hydrogen-bond donors (Lipinski definition) is 1. The van der Waals surface area contributed by atoms with Crippen LogP contribution in [-0.4, -0.2) is 7.05 Å². The third-order valence-corrected chi connectivity index (χ3v) is 5.21. The van der Waals surface area contributed by atoms with Crippen LogP contribution in [0.1, 0.15) is 44.7 Å². The lowest BCUT2D eigenvalue weighted by Gasteiger charge is -2.20. The van der Waals surface area contributed by atoms with Crippen LogP contribution >= 0.6 is 43.2 Å². The normalized spacial score (nSPS) is 15.1. The monoisotopic (exact) mass is 367 g/mol. The second-order valence-corrected chi connectivity index (χ2v) is 8.00. The van der Waals surface area contributed by atoms with Crippen molar-refractivity contribution in [2.75, 3.05) is 7.05 Å². The molecule has 0 radical (unpaired) electrons. The predicted molar refractivity (Wildman–Crippen MR) is 80.2 cm³/mol. The molecule has 1 aromatic heterocycles. The summed E-state index contributed by atoms with van der Waals surface area (Å²) in [5.41, 5.74) is 1.38. The third-order valence-electron chi connectivity index (χ3n) is 2.83. The summed E-state index contributed by atoms with van der Waals surface area (Å²) in [7, 11) is 2.04. The van der Waals surface area contributed by atoms with Crippen molar-refractivity contribution in [2.24, 2.45) is 5.92 Å². The van der Waals surface area contributed by atoms with Crippen molar-refractivity contribution >= 4 is 43.2 Å². The quantitative estimate of drug-likeness (QED) is 0.712. The zero-order valence-corrected chi connectivity index (χ0v) is 14.0. The highest BCUT2D eigenvalue weighted by Crippen LogP contribution is 2.37. The second kappa shape index (κ2) is 7.14. The smallest absolute Gasteiger partial charge is 0.0758 e. The van der Waals surface area contributed by atoms with Crippen LogP contribution in [0.15, 0.2) is 13.6 Å². The molecule has 2 unspecified atom stereocenters. The first-order valence-electron chi connectivity index (χ1n) is 5.70. The number of thiophene rings is 1. The summed E-state index contributed by atoms with van der Waals surface area (Å²) < 4.78 is 2.43. The minimum absolute atomic E-state index is 0.457. The highest BCUT2D eigenvalue weighted by Gasteiger charge is 2.17. The van der Waals surface area contributed by atoms with Crippen LogP contribution in [-0.2, 0) is 0 Å². The van der Waals surface area contributed by atoms with Gasteiger partial charge in [-0.2, -0.15) is 0 Å². The molecule has 1 aromatic rings. The molecule has 1 rings (SSSR count). The predicted octanol–water partition coefficient (Wildman–Crippen LogP) is 5.36. The van der Waals surface area contributed by atoms with Crippen molar-refractivity contribution in [3.8, 4) is 0 Å². The summed E-state index contributed by atoms with van der Waals surface area (Å²) in [5.74, 6) is 0.771. The lowest BCUT2D eigenvalue weighted by Crippen LogP contribution is -2.18. The minimum Gasteiger partial charge on any atom is -0.313 e. The lowest BCUT2D eigenvalue weighted by molar-refractivity contribution is 0.407. The van der Waals surface area contributed by atoms with Gasteiger partial charge in [0.25, 0.3) is 0 Å². The van der Waals surface area contributed by atoms with Gasteiger partial charge in [-0.05, 0) is 62.9 Å². The first-order valence-corrected chi connectivity index (χ1v) is 8.10. The van der Waals surface area contributed by atoms with Crippen LogP contribution in [0, 0.1) is 5.92 Å². The summed E-state index contributed by atoms with van der Waals surface area (Å²) in [5, 5.41) is 3.42. The van der Waals surface area contributed by atoms with Gasteiger partial charge < -0.3 is 5.32 Å². The Morgan fingerprint density at radius 3 is 2.56 bits per heavy atom. The van der Waals surface area contributed by atoms with E-state index in [1.54, 1.807) is 11.3 Å². The zero-order chi connectivity index (χ0) is 12.1. The van der Waals surface area contributed by atoms with Crippen molar-refractivity contribution in [1.29, 1.82) is 0 Å². The lowest BCUT2D eigenvalue weighted by atomic mass is 9.94. The molecule has 0 bridgehead atoms. The van der Waals surface area contributed by atoms with Crippen LogP contribution in [0.2, 0.25) is 0 Å². The molecule has 0 aromatic carbocycles. The first-order chi connectivity index (χ1) is 7.58. The van der Waals surface area contributed by atoms with Gasteiger partial charge in [0.1, 0.15) is 0 Å². The molecular formula is C12H19Br2NS. The van der Waals surface area contributed by atoms with Gasteiger partial charge in [-0.1, -0.05) is 26.7 Å². The molecule has 0 amide bonds. The van der Waals surface area contributed by atoms with Crippen LogP contribution < -0.4 is 5.32 Å². The molecule has 0 saturated carbocycles. The van der Waals surface area contributed by atoms with Crippen molar-refractivity contribution in [1.82, 2.24) is 5.32 Å². The Bertz CT molecular complexity index is 325. The van der Waals surface area contributed by atoms with Crippen LogP contribution in [0.25, 0.3) is 0 Å². The molecule has 16 heavy (non-hydrogen) atoms. The average Bonchev–Trinajstić information content (AvgIpc) is 2.55. The van der Waals surface area contributed by atoms with Crippen LogP contribution in [0.4, 0.5) is 0 Å². The Morgan fingerprint density at radius 1 is 1.44 bits per heavy atom. The van der Waals surface area contributed by atoms with E-state index in [1.165, 1.54) is 32.4 Å². The molecule has 0 aliphatic carbocycles. The van der Waals surface area contributed by atoms with Gasteiger partial charge >= 0.3 is 0 Å². The van der Waals surface area contributed by atoms with Crippen LogP contribution in [0.5, 0.6) is 0 Å². The summed E-state index contributed by atoms with van der Waals surface area (Å²) in [6, 6.07) is 2.67. The minimum atomic E-state index is 0.457. The van der Waals surface area contributed by atoms with Crippen LogP contribution in [0.3, 0.4) is 0 Å². The number of hydrogen-bond acceptors (Lipinski definition) is 2. The standard InChI is InChI=1S/C12H19Br2NS/c1-4-5-8(2)6-10(15-3)9-7-11(13)16-12(9)14/h7-8,10,15H,4-6H2,1-3H3. The third kappa shape index (κ3) is 4.13. The summed E-state index contributed by atoms with van der Waals surface area (Å²) in [4.78, 5) is 0. The van der Waals surface area contributed by atoms with Crippen molar-refractivity contribution in [3.63, 3.8) is 0 Å². The second-order valence-electron chi connectivity index (χ2n) is 4.25. The maximum Gasteiger partial charge on any atom is 0.0758 e. The molecule has 2 atom stereocenters. The fourth-order valence-electron chi connectivity index (χ4n) is 2.00. The number of halogens is 2. The Balaban J connectivity index is 2.70. The SMILES string of the molecule is CCCC(C)CC(NC)c1cc(Br)sc1Br. The summed E-state index contributed by atoms with van der Waals surface area (Å²) >= 11 is 8.92. The fraction of sp³-hybridized carbons (Fsp3) is 0.667. The summed E-state index contributed by atoms with van der Waals surface area (Å²) in [6.07, 6.45) is 3.78. The van der Waals surface area contributed by atoms with Crippen molar-refractivity contribution < 1.29 is 0 Å². The Kier molecular flexibility index (Phi) is 6.55. The van der Waals surface area contributed by atoms with Gasteiger partial charge in [-0.3, -0.25) is 0 Å². The molecule has 92 valence electrons. The topological polar surface area (TPSA) is 12.0 Å². The van der Waals surface area contributed by atoms with Crippen molar-refractivity contribution in [2.45, 2.75) is 39.2 Å². The molecular weight excluding hydrogens is 350 g/mol. The van der Waals surface area contributed by atoms with E-state index in [0.717, 1.165) is 5.92 Å². The van der Waals surface area contributed by atoms with Gasteiger partial charge in [-0.25, -0.2) is 0 Å². The van der Waals surface area contributed by atoms with Gasteiger partial charge in [0.05, 0.1) is 7.57 Å². The maximum atomic E-state index is 3.64. The van der Waals surface area contributed by atoms with E-state index < -0.39 is 0 Å². The molecule has 1 heterocycles. The highest BCUT2D eigenvalue weighted by molar-refractivity contribution is 9.12. The van der Waals surface area contributed by atoms with E-state index in [2.05, 4.69) is 57.1 Å². The van der Waals surface area contributed by atoms with E-state index in [0.29, 0.717) is 6.04 Å². The van der Waals surface area contributed by atoms with Gasteiger partial charge in [0.15, 0.2) is 0 Å². The number of rotatable bonds is 6. The van der Waals surface area contributed by atoms with Gasteiger partial charge in [-0.15, -0.1) is 11.3 Å². The average molecular weight is 369 g/mol. The molecule has 1 N–H and O–H groups in total. The van der Waals surface area contributed by atoms with E-state index in [4.69, 9.17) is 0 Å². The molecule has 0 saturated heterocycles. The molecule has 0 fully saturated rings. The molecule has 4 heteroatoms. The van der Waals surface area contributed by atoms with Crippen molar-refractivity contribution in [3.05, 3.63) is 19.2 Å². The Hall–Kier alpha value is 0.620. The van der Waals surface area contributed by atoms with E-state index >= 15 is 0 Å². The fourth-order valence-corrected chi connectivity index (χ4v) is 4.98. The van der Waals surface area contributed by atoms with E-state index in [9.17, 15) is 0 Å². The van der Waals surface area contributed by atoms with Gasteiger partial charge in [0, 0.05) is 6.04 Å². The Morgan fingerprint density at radius 2 is 2.12 bits per heavy atom. The Labute approximate surface area is 119 Å². The highest BCUT2D eigenvalue weighted by atomic mass is 79.9. The molecule has 0 aliphatic heterocycles. The maximum absolute atomic E-state index is 3.64. The van der Waals surface area contributed by atoms with Gasteiger partial charge in [0.2, 0.25) is 0 Å². The zero-order valence-electron chi connectivity index (χ0n) is 10.0. The largest absolute Gasteiger partial charge is 0.313 e. The van der Waals surface area contributed by atoms with E-state index in [-0.39, 0.29) is 0 Å². The first kappa shape index (κ1) is 14.7. The molecule has 1 nitrogen and oxygen atoms in total. The summed E-state index contributed by atoms with van der Waals surface area (Å²) in [6.45, 7) is 4.59. The van der Waals surface area contributed by atoms with E-state index in [1.807, 2.05) is 7.05 Å². The molecule has 0 aliphatic rings. The number of nitrogens with one attached hydrogen (secondary N) is 1. The molecule has 0 spiro atoms.